The molecule has 1 heterocycles. The van der Waals surface area contributed by atoms with Crippen LogP contribution < -0.4 is 9.64 Å². The van der Waals surface area contributed by atoms with E-state index in [0.717, 1.165) is 16.8 Å². The number of carbonyl (C=O) groups is 2. The number of aliphatic carboxylic acids is 1. The minimum atomic E-state index is -1.02. The zero-order valence-corrected chi connectivity index (χ0v) is 20.1. The van der Waals surface area contributed by atoms with Crippen molar-refractivity contribution in [1.82, 2.24) is 0 Å². The highest BCUT2D eigenvalue weighted by atomic mass is 35.5. The molecule has 1 aliphatic heterocycles. The van der Waals surface area contributed by atoms with Crippen molar-refractivity contribution in [2.75, 3.05) is 18.6 Å². The molecule has 166 valence electrons. The minimum Gasteiger partial charge on any atom is -0.497 e. The molecule has 0 spiro atoms. The highest BCUT2D eigenvalue weighted by molar-refractivity contribution is 8.01. The maximum Gasteiger partial charge on any atom is 0.305 e. The number of rotatable bonds is 5. The van der Waals surface area contributed by atoms with E-state index in [1.165, 1.54) is 11.8 Å². The second-order valence-corrected chi connectivity index (χ2v) is 10.8. The molecule has 0 saturated heterocycles. The molecule has 2 aromatic rings. The van der Waals surface area contributed by atoms with Gasteiger partial charge in [0.2, 0.25) is 5.91 Å². The highest BCUT2D eigenvalue weighted by Crippen LogP contribution is 2.49. The fraction of sp³-hybridized carbons (Fsp3) is 0.391. The first kappa shape index (κ1) is 23.8. The number of ether oxygens (including phenoxy) is 1. The van der Waals surface area contributed by atoms with Gasteiger partial charge >= 0.3 is 5.97 Å². The maximum absolute atomic E-state index is 13.5. The number of carboxylic acid groups (broad SMARTS) is 1. The molecule has 2 unspecified atom stereocenters. The van der Waals surface area contributed by atoms with Gasteiger partial charge in [-0.25, -0.2) is 0 Å². The molecule has 0 radical (unpaired) electrons. The third-order valence-corrected chi connectivity index (χ3v) is 6.93. The molecular weight excluding hydrogens is 457 g/mol. The molecule has 0 aromatic heterocycles. The molecular formula is C23H25Cl2NO4S. The number of methoxy groups -OCH3 is 1. The van der Waals surface area contributed by atoms with Gasteiger partial charge in [-0.05, 0) is 46.9 Å². The zero-order valence-electron chi connectivity index (χ0n) is 17.8. The second-order valence-electron chi connectivity index (χ2n) is 8.68. The Balaban J connectivity index is 2.22. The largest absolute Gasteiger partial charge is 0.497 e. The molecule has 1 aliphatic rings. The van der Waals surface area contributed by atoms with E-state index in [2.05, 4.69) is 0 Å². The lowest BCUT2D eigenvalue weighted by Crippen LogP contribution is -2.42. The minimum absolute atomic E-state index is 0.192. The number of hydrogen-bond donors (Lipinski definition) is 1. The summed E-state index contributed by atoms with van der Waals surface area (Å²) < 4.78 is 5.26. The summed E-state index contributed by atoms with van der Waals surface area (Å²) in [5, 5.41) is 9.36. The molecule has 0 saturated carbocycles. The van der Waals surface area contributed by atoms with Crippen molar-refractivity contribution < 1.29 is 19.4 Å². The lowest BCUT2D eigenvalue weighted by Gasteiger charge is -2.31. The van der Waals surface area contributed by atoms with Crippen LogP contribution in [-0.2, 0) is 9.59 Å². The van der Waals surface area contributed by atoms with E-state index in [-0.39, 0.29) is 23.0 Å². The van der Waals surface area contributed by atoms with Gasteiger partial charge in [-0.1, -0.05) is 50.0 Å². The van der Waals surface area contributed by atoms with E-state index >= 15 is 0 Å². The van der Waals surface area contributed by atoms with Crippen LogP contribution in [0.25, 0.3) is 0 Å². The molecule has 0 bridgehead atoms. The number of carbonyl (C=O) groups excluding carboxylic acids is 1. The maximum atomic E-state index is 13.5. The summed E-state index contributed by atoms with van der Waals surface area (Å²) in [4.78, 5) is 26.8. The molecule has 8 heteroatoms. The molecule has 1 N–H and O–H groups in total. The first-order valence-corrected chi connectivity index (χ1v) is 11.5. The van der Waals surface area contributed by atoms with Crippen molar-refractivity contribution in [2.24, 2.45) is 5.41 Å². The third-order valence-electron chi connectivity index (χ3n) is 4.89. The zero-order chi connectivity index (χ0) is 22.9. The Morgan fingerprint density at radius 1 is 1.16 bits per heavy atom. The smallest absolute Gasteiger partial charge is 0.305 e. The van der Waals surface area contributed by atoms with Crippen LogP contribution in [0.4, 0.5) is 5.69 Å². The van der Waals surface area contributed by atoms with Gasteiger partial charge in [0.15, 0.2) is 0 Å². The first-order valence-electron chi connectivity index (χ1n) is 9.81. The van der Waals surface area contributed by atoms with Gasteiger partial charge < -0.3 is 14.7 Å². The van der Waals surface area contributed by atoms with Gasteiger partial charge in [-0.2, -0.15) is 0 Å². The Hall–Kier alpha value is -1.89. The number of fused-ring (bicyclic) bond motifs is 1. The van der Waals surface area contributed by atoms with Crippen molar-refractivity contribution in [3.8, 4) is 5.75 Å². The number of benzene rings is 2. The fourth-order valence-corrected chi connectivity index (χ4v) is 5.61. The quantitative estimate of drug-likeness (QED) is 0.561. The number of hydrogen-bond acceptors (Lipinski definition) is 4. The van der Waals surface area contributed by atoms with Crippen LogP contribution in [0.5, 0.6) is 5.75 Å². The number of anilines is 1. The summed E-state index contributed by atoms with van der Waals surface area (Å²) >= 11 is 14.2. The van der Waals surface area contributed by atoms with Crippen LogP contribution >= 0.6 is 35.0 Å². The Morgan fingerprint density at radius 3 is 2.45 bits per heavy atom. The average Bonchev–Trinajstić information content (AvgIpc) is 2.77. The van der Waals surface area contributed by atoms with Crippen LogP contribution in [0.2, 0.25) is 10.0 Å². The summed E-state index contributed by atoms with van der Waals surface area (Å²) in [6.07, 6.45) is -0.282. The number of carboxylic acids is 1. The van der Waals surface area contributed by atoms with Crippen LogP contribution in [-0.4, -0.2) is 35.9 Å². The monoisotopic (exact) mass is 481 g/mol. The van der Waals surface area contributed by atoms with Gasteiger partial charge in [0.25, 0.3) is 0 Å². The fourth-order valence-electron chi connectivity index (χ4n) is 3.59. The van der Waals surface area contributed by atoms with E-state index in [0.29, 0.717) is 22.3 Å². The predicted octanol–water partition coefficient (Wildman–Crippen LogP) is 6.06. The summed E-state index contributed by atoms with van der Waals surface area (Å²) in [7, 11) is 1.56. The van der Waals surface area contributed by atoms with E-state index in [4.69, 9.17) is 27.9 Å². The topological polar surface area (TPSA) is 66.8 Å². The van der Waals surface area contributed by atoms with Crippen molar-refractivity contribution >= 4 is 52.5 Å². The van der Waals surface area contributed by atoms with Crippen molar-refractivity contribution in [1.29, 1.82) is 0 Å². The number of thioether (sulfide) groups is 1. The second kappa shape index (κ2) is 9.31. The predicted molar refractivity (Wildman–Crippen MR) is 127 cm³/mol. The van der Waals surface area contributed by atoms with E-state index < -0.39 is 11.2 Å². The summed E-state index contributed by atoms with van der Waals surface area (Å²) in [6.45, 7) is 6.56. The number of amides is 1. The molecule has 31 heavy (non-hydrogen) atoms. The lowest BCUT2D eigenvalue weighted by molar-refractivity contribution is -0.138. The first-order chi connectivity index (χ1) is 14.5. The van der Waals surface area contributed by atoms with Gasteiger partial charge in [0.1, 0.15) is 5.75 Å². The number of nitrogens with zero attached hydrogens (tertiary/aromatic N) is 1. The summed E-state index contributed by atoms with van der Waals surface area (Å²) in [5.41, 5.74) is 2.14. The van der Waals surface area contributed by atoms with Crippen LogP contribution in [0.1, 0.15) is 43.6 Å². The van der Waals surface area contributed by atoms with Gasteiger partial charge in [-0.15, -0.1) is 11.8 Å². The Bertz CT molecular complexity index is 1010. The van der Waals surface area contributed by atoms with Crippen molar-refractivity contribution in [3.63, 3.8) is 0 Å². The molecule has 0 fully saturated rings. The lowest BCUT2D eigenvalue weighted by atomic mass is 9.94. The van der Waals surface area contributed by atoms with Gasteiger partial charge in [-0.3, -0.25) is 9.59 Å². The van der Waals surface area contributed by atoms with E-state index in [9.17, 15) is 14.7 Å². The summed E-state index contributed by atoms with van der Waals surface area (Å²) in [5.74, 6) is -0.630. The van der Waals surface area contributed by atoms with Crippen LogP contribution in [0, 0.1) is 5.41 Å². The highest BCUT2D eigenvalue weighted by Gasteiger charge is 2.39. The SMILES string of the molecule is COc1ccc(C2SC(CC(=O)O)C(=O)N(CC(C)(C)C)c3ccc(Cl)cc32)c(Cl)c1. The molecule has 0 aliphatic carbocycles. The molecule has 5 nitrogen and oxygen atoms in total. The van der Waals surface area contributed by atoms with Crippen LogP contribution in [0.15, 0.2) is 36.4 Å². The molecule has 2 aromatic carbocycles. The molecule has 3 rings (SSSR count). The third kappa shape index (κ3) is 5.48. The average molecular weight is 482 g/mol. The Kier molecular flexibility index (Phi) is 7.14. The van der Waals surface area contributed by atoms with E-state index in [1.54, 1.807) is 30.2 Å². The number of halogens is 2. The normalized spacial score (nSPS) is 19.0. The molecule has 2 atom stereocenters. The standard InChI is InChI=1S/C23H25Cl2NO4S/c1-23(2,3)12-26-18-8-5-13(24)9-16(18)21(31-19(22(26)29)11-20(27)28)15-7-6-14(30-4)10-17(15)25/h5-10,19,21H,11-12H2,1-4H3,(H,27,28). The van der Waals surface area contributed by atoms with Crippen molar-refractivity contribution in [3.05, 3.63) is 57.6 Å². The Morgan fingerprint density at radius 2 is 1.87 bits per heavy atom. The van der Waals surface area contributed by atoms with Gasteiger partial charge in [0, 0.05) is 22.3 Å². The van der Waals surface area contributed by atoms with Crippen molar-refractivity contribution in [2.45, 2.75) is 37.7 Å². The molecule has 1 amide bonds. The van der Waals surface area contributed by atoms with E-state index in [1.807, 2.05) is 39.0 Å². The van der Waals surface area contributed by atoms with Gasteiger partial charge in [0.05, 0.1) is 24.0 Å². The van der Waals surface area contributed by atoms with Crippen LogP contribution in [0.3, 0.4) is 0 Å². The Labute approximate surface area is 196 Å². The summed E-state index contributed by atoms with van der Waals surface area (Å²) in [6, 6.07) is 10.8.